The number of rotatable bonds is 2. The zero-order valence-electron chi connectivity index (χ0n) is 4.73. The molecule has 1 N–H and O–H groups in total. The summed E-state index contributed by atoms with van der Waals surface area (Å²) in [6.07, 6.45) is 1.71. The highest BCUT2D eigenvalue weighted by Gasteiger charge is 1.76. The molecule has 0 aromatic heterocycles. The number of hydrogen-bond acceptors (Lipinski definition) is 2. The number of nitrogens with one attached hydrogen (secondary N) is 1. The normalized spacial score (nSPS) is 10.0. The van der Waals surface area contributed by atoms with E-state index >= 15 is 0 Å². The lowest BCUT2D eigenvalue weighted by Crippen LogP contribution is -1.91. The van der Waals surface area contributed by atoms with Crippen LogP contribution in [0, 0.1) is 5.41 Å². The van der Waals surface area contributed by atoms with Crippen molar-refractivity contribution in [2.24, 2.45) is 4.99 Å². The highest BCUT2D eigenvalue weighted by atomic mass is 14.7. The summed E-state index contributed by atoms with van der Waals surface area (Å²) in [5.41, 5.74) is 0.609. The van der Waals surface area contributed by atoms with Gasteiger partial charge in [-0.25, -0.2) is 0 Å². The third-order valence-electron chi connectivity index (χ3n) is 0.511. The first kappa shape index (κ1) is 6.34. The van der Waals surface area contributed by atoms with E-state index in [2.05, 4.69) is 4.99 Å². The fourth-order valence-corrected chi connectivity index (χ4v) is 0.228. The van der Waals surface area contributed by atoms with Gasteiger partial charge in [-0.1, -0.05) is 0 Å². The van der Waals surface area contributed by atoms with Crippen LogP contribution in [0.1, 0.15) is 13.8 Å². The Balaban J connectivity index is 3.14. The average Bonchev–Trinajstić information content (AvgIpc) is 1.61. The average molecular weight is 98.1 g/mol. The molecule has 2 heteroatoms. The van der Waals surface area contributed by atoms with Gasteiger partial charge in [-0.2, -0.15) is 0 Å². The highest BCUT2D eigenvalue weighted by Crippen LogP contribution is 1.69. The van der Waals surface area contributed by atoms with E-state index in [1.165, 1.54) is 0 Å². The molecule has 0 heterocycles. The molecule has 0 radical (unpaired) electrons. The van der Waals surface area contributed by atoms with Gasteiger partial charge in [0.25, 0.3) is 0 Å². The minimum absolute atomic E-state index is 0.552. The second-order valence-electron chi connectivity index (χ2n) is 1.38. The molecule has 0 aliphatic heterocycles. The molecule has 7 heavy (non-hydrogen) atoms. The van der Waals surface area contributed by atoms with Crippen molar-refractivity contribution in [2.45, 2.75) is 13.8 Å². The van der Waals surface area contributed by atoms with Gasteiger partial charge in [0.2, 0.25) is 0 Å². The van der Waals surface area contributed by atoms with Crippen molar-refractivity contribution in [3.05, 3.63) is 0 Å². The lowest BCUT2D eigenvalue weighted by atomic mass is 10.4. The standard InChI is InChI=1S/C5H10N2/c1-3-7-4-5(2)6/h3,6H,4H2,1-2H3. The molecule has 0 atom stereocenters. The van der Waals surface area contributed by atoms with E-state index in [-0.39, 0.29) is 0 Å². The molecule has 0 aliphatic carbocycles. The summed E-state index contributed by atoms with van der Waals surface area (Å²) in [5, 5.41) is 6.88. The Labute approximate surface area is 43.8 Å². The Morgan fingerprint density at radius 1 is 1.86 bits per heavy atom. The van der Waals surface area contributed by atoms with E-state index in [0.717, 1.165) is 0 Å². The first-order valence-electron chi connectivity index (χ1n) is 2.26. The Morgan fingerprint density at radius 2 is 2.43 bits per heavy atom. The van der Waals surface area contributed by atoms with Crippen LogP contribution in [-0.4, -0.2) is 18.5 Å². The summed E-state index contributed by atoms with van der Waals surface area (Å²) >= 11 is 0. The molecule has 40 valence electrons. The topological polar surface area (TPSA) is 36.2 Å². The minimum atomic E-state index is 0.552. The van der Waals surface area contributed by atoms with Gasteiger partial charge in [0.1, 0.15) is 0 Å². The Kier molecular flexibility index (Phi) is 3.19. The van der Waals surface area contributed by atoms with Crippen LogP contribution in [0.2, 0.25) is 0 Å². The SMILES string of the molecule is CC=NCC(C)=N. The third kappa shape index (κ3) is 5.34. The second kappa shape index (κ2) is 3.53. The molecule has 0 amide bonds. The quantitative estimate of drug-likeness (QED) is 0.502. The monoisotopic (exact) mass is 98.1 g/mol. The van der Waals surface area contributed by atoms with E-state index in [0.29, 0.717) is 12.3 Å². The maximum absolute atomic E-state index is 6.88. The molecule has 0 saturated carbocycles. The van der Waals surface area contributed by atoms with E-state index in [4.69, 9.17) is 5.41 Å². The lowest BCUT2D eigenvalue weighted by molar-refractivity contribution is 1.25. The van der Waals surface area contributed by atoms with Crippen molar-refractivity contribution < 1.29 is 0 Å². The molecule has 0 saturated heterocycles. The molecule has 0 aromatic carbocycles. The molecule has 0 bridgehead atoms. The maximum Gasteiger partial charge on any atom is 0.0758 e. The van der Waals surface area contributed by atoms with E-state index < -0.39 is 0 Å². The summed E-state index contributed by atoms with van der Waals surface area (Å²) in [6.45, 7) is 4.15. The van der Waals surface area contributed by atoms with Crippen LogP contribution in [0.4, 0.5) is 0 Å². The van der Waals surface area contributed by atoms with Gasteiger partial charge in [0.05, 0.1) is 6.54 Å². The van der Waals surface area contributed by atoms with Crippen LogP contribution < -0.4 is 0 Å². The number of hydrogen-bond donors (Lipinski definition) is 1. The van der Waals surface area contributed by atoms with Gasteiger partial charge < -0.3 is 5.41 Å². The van der Waals surface area contributed by atoms with Crippen molar-refractivity contribution in [1.82, 2.24) is 0 Å². The summed E-state index contributed by atoms with van der Waals surface area (Å²) in [7, 11) is 0. The van der Waals surface area contributed by atoms with Gasteiger partial charge in [-0.05, 0) is 20.1 Å². The molecule has 0 spiro atoms. The highest BCUT2D eigenvalue weighted by molar-refractivity contribution is 5.81. The van der Waals surface area contributed by atoms with Crippen molar-refractivity contribution in [3.63, 3.8) is 0 Å². The Hall–Kier alpha value is -0.660. The summed E-state index contributed by atoms with van der Waals surface area (Å²) in [6, 6.07) is 0. The first-order valence-corrected chi connectivity index (χ1v) is 2.26. The summed E-state index contributed by atoms with van der Waals surface area (Å²) in [4.78, 5) is 3.82. The fourth-order valence-electron chi connectivity index (χ4n) is 0.228. The van der Waals surface area contributed by atoms with Gasteiger partial charge in [-0.15, -0.1) is 0 Å². The van der Waals surface area contributed by atoms with Crippen molar-refractivity contribution in [2.75, 3.05) is 6.54 Å². The summed E-state index contributed by atoms with van der Waals surface area (Å²) in [5.74, 6) is 0. The zero-order valence-corrected chi connectivity index (χ0v) is 4.73. The van der Waals surface area contributed by atoms with Crippen molar-refractivity contribution in [3.8, 4) is 0 Å². The van der Waals surface area contributed by atoms with Gasteiger partial charge in [-0.3, -0.25) is 4.99 Å². The molecule has 0 fully saturated rings. The van der Waals surface area contributed by atoms with E-state index in [1.54, 1.807) is 13.1 Å². The van der Waals surface area contributed by atoms with Gasteiger partial charge in [0.15, 0.2) is 0 Å². The van der Waals surface area contributed by atoms with Crippen LogP contribution >= 0.6 is 0 Å². The third-order valence-corrected chi connectivity index (χ3v) is 0.511. The predicted molar refractivity (Wildman–Crippen MR) is 32.4 cm³/mol. The molecular weight excluding hydrogens is 88.1 g/mol. The molecule has 0 rings (SSSR count). The van der Waals surface area contributed by atoms with Crippen molar-refractivity contribution in [1.29, 1.82) is 5.41 Å². The van der Waals surface area contributed by atoms with E-state index in [9.17, 15) is 0 Å². The van der Waals surface area contributed by atoms with Crippen LogP contribution in [-0.2, 0) is 0 Å². The van der Waals surface area contributed by atoms with Gasteiger partial charge >= 0.3 is 0 Å². The van der Waals surface area contributed by atoms with Crippen LogP contribution in [0.5, 0.6) is 0 Å². The van der Waals surface area contributed by atoms with Crippen LogP contribution in [0.15, 0.2) is 4.99 Å². The molecule has 0 unspecified atom stereocenters. The van der Waals surface area contributed by atoms with E-state index in [1.807, 2.05) is 6.92 Å². The number of aliphatic imine (C=N–C) groups is 1. The Morgan fingerprint density at radius 3 is 2.57 bits per heavy atom. The molecular formula is C5H10N2. The summed E-state index contributed by atoms with van der Waals surface area (Å²) < 4.78 is 0. The van der Waals surface area contributed by atoms with Gasteiger partial charge in [0, 0.05) is 5.71 Å². The maximum atomic E-state index is 6.88. The molecule has 0 aromatic rings. The number of nitrogens with zero attached hydrogens (tertiary/aromatic N) is 1. The second-order valence-corrected chi connectivity index (χ2v) is 1.38. The minimum Gasteiger partial charge on any atom is -0.308 e. The Bertz CT molecular complexity index is 84.1. The van der Waals surface area contributed by atoms with Crippen LogP contribution in [0.25, 0.3) is 0 Å². The lowest BCUT2D eigenvalue weighted by Gasteiger charge is -1.83. The largest absolute Gasteiger partial charge is 0.308 e. The predicted octanol–water partition coefficient (Wildman–Crippen LogP) is 1.12. The molecule has 2 nitrogen and oxygen atoms in total. The van der Waals surface area contributed by atoms with Crippen LogP contribution in [0.3, 0.4) is 0 Å². The zero-order chi connectivity index (χ0) is 5.70. The van der Waals surface area contributed by atoms with Crippen molar-refractivity contribution >= 4 is 11.9 Å². The smallest absolute Gasteiger partial charge is 0.0758 e. The fraction of sp³-hybridized carbons (Fsp3) is 0.600. The molecule has 0 aliphatic rings. The first-order chi connectivity index (χ1) is 3.27.